The molecule has 0 saturated heterocycles. The molecule has 0 aliphatic rings. The SMILES string of the molecule is NCCCNC(=O)c1ccc(-c2cc(NC(=O)c3ccc(C(F)(F)F)cc3)cc(C(=O)O)c2)o1. The van der Waals surface area contributed by atoms with Crippen LogP contribution in [-0.4, -0.2) is 36.0 Å². The first-order valence-corrected chi connectivity index (χ1v) is 10.0. The van der Waals surface area contributed by atoms with Crippen LogP contribution in [0.4, 0.5) is 18.9 Å². The summed E-state index contributed by atoms with van der Waals surface area (Å²) in [4.78, 5) is 36.2. The predicted octanol–water partition coefficient (Wildman–Crippen LogP) is 3.99. The predicted molar refractivity (Wildman–Crippen MR) is 117 cm³/mol. The number of carbonyl (C=O) groups excluding carboxylic acids is 2. The molecule has 0 radical (unpaired) electrons. The number of nitrogens with one attached hydrogen (secondary N) is 2. The zero-order valence-corrected chi connectivity index (χ0v) is 17.6. The van der Waals surface area contributed by atoms with Crippen LogP contribution in [0, 0.1) is 0 Å². The maximum Gasteiger partial charge on any atom is 0.416 e. The lowest BCUT2D eigenvalue weighted by Crippen LogP contribution is -2.25. The number of hydrogen-bond donors (Lipinski definition) is 4. The molecule has 2 aromatic carbocycles. The molecule has 5 N–H and O–H groups in total. The lowest BCUT2D eigenvalue weighted by Gasteiger charge is -2.10. The highest BCUT2D eigenvalue weighted by molar-refractivity contribution is 6.05. The molecule has 0 unspecified atom stereocenters. The molecule has 1 heterocycles. The number of carboxylic acid groups (broad SMARTS) is 1. The normalized spacial score (nSPS) is 11.2. The monoisotopic (exact) mass is 475 g/mol. The fraction of sp³-hybridized carbons (Fsp3) is 0.174. The van der Waals surface area contributed by atoms with Gasteiger partial charge in [-0.15, -0.1) is 0 Å². The van der Waals surface area contributed by atoms with E-state index >= 15 is 0 Å². The van der Waals surface area contributed by atoms with Gasteiger partial charge in [-0.05, 0) is 67.6 Å². The number of hydrogen-bond acceptors (Lipinski definition) is 5. The number of rotatable bonds is 8. The van der Waals surface area contributed by atoms with Crippen molar-refractivity contribution in [3.05, 3.63) is 77.0 Å². The van der Waals surface area contributed by atoms with E-state index in [-0.39, 0.29) is 33.9 Å². The molecule has 11 heteroatoms. The summed E-state index contributed by atoms with van der Waals surface area (Å²) in [6, 6.07) is 10.4. The molecule has 0 atom stereocenters. The Kier molecular flexibility index (Phi) is 7.37. The molecule has 3 rings (SSSR count). The number of carboxylic acids is 1. The maximum absolute atomic E-state index is 12.7. The molecule has 1 aromatic heterocycles. The lowest BCUT2D eigenvalue weighted by atomic mass is 10.1. The minimum atomic E-state index is -4.54. The van der Waals surface area contributed by atoms with Gasteiger partial charge < -0.3 is 25.9 Å². The van der Waals surface area contributed by atoms with Gasteiger partial charge in [0.2, 0.25) is 0 Å². The van der Waals surface area contributed by atoms with Crippen LogP contribution in [0.2, 0.25) is 0 Å². The van der Waals surface area contributed by atoms with Crippen LogP contribution < -0.4 is 16.4 Å². The molecule has 3 aromatic rings. The van der Waals surface area contributed by atoms with Crippen LogP contribution in [0.3, 0.4) is 0 Å². The molecule has 0 bridgehead atoms. The Hall–Kier alpha value is -4.12. The molecule has 0 spiro atoms. The fourth-order valence-corrected chi connectivity index (χ4v) is 2.99. The van der Waals surface area contributed by atoms with E-state index in [1.807, 2.05) is 0 Å². The quantitative estimate of drug-likeness (QED) is 0.364. The Morgan fingerprint density at radius 3 is 2.26 bits per heavy atom. The first-order chi connectivity index (χ1) is 16.1. The molecular weight excluding hydrogens is 455 g/mol. The standard InChI is InChI=1S/C23H20F3N3O5/c24-23(25,26)16-4-2-13(3-5-16)20(30)29-17-11-14(10-15(12-17)22(32)33)18-6-7-19(34-18)21(31)28-9-1-8-27/h2-7,10-12H,1,8-9,27H2,(H,28,31)(H,29,30)(H,32,33). The molecular formula is C23H20F3N3O5. The second kappa shape index (κ2) is 10.2. The Labute approximate surface area is 191 Å². The largest absolute Gasteiger partial charge is 0.478 e. The van der Waals surface area contributed by atoms with Crippen LogP contribution in [0.1, 0.15) is 43.3 Å². The number of nitrogens with two attached hydrogens (primary N) is 1. The van der Waals surface area contributed by atoms with Gasteiger partial charge in [-0.25, -0.2) is 4.79 Å². The summed E-state index contributed by atoms with van der Waals surface area (Å²) < 4.78 is 43.7. The molecule has 2 amide bonds. The number of carbonyl (C=O) groups is 3. The van der Waals surface area contributed by atoms with Gasteiger partial charge in [-0.3, -0.25) is 9.59 Å². The van der Waals surface area contributed by atoms with Gasteiger partial charge in [0.15, 0.2) is 5.76 Å². The Balaban J connectivity index is 1.83. The second-order valence-corrected chi connectivity index (χ2v) is 7.20. The van der Waals surface area contributed by atoms with E-state index in [1.165, 1.54) is 30.3 Å². The summed E-state index contributed by atoms with van der Waals surface area (Å²) in [7, 11) is 0. The number of benzene rings is 2. The van der Waals surface area contributed by atoms with Crippen molar-refractivity contribution in [3.63, 3.8) is 0 Å². The second-order valence-electron chi connectivity index (χ2n) is 7.20. The average molecular weight is 475 g/mol. The van der Waals surface area contributed by atoms with E-state index in [2.05, 4.69) is 10.6 Å². The third-order valence-electron chi connectivity index (χ3n) is 4.69. The summed E-state index contributed by atoms with van der Waals surface area (Å²) >= 11 is 0. The summed E-state index contributed by atoms with van der Waals surface area (Å²) in [5, 5.41) is 14.5. The average Bonchev–Trinajstić information content (AvgIpc) is 3.29. The third kappa shape index (κ3) is 6.01. The van der Waals surface area contributed by atoms with Gasteiger partial charge in [0.25, 0.3) is 11.8 Å². The molecule has 8 nitrogen and oxygen atoms in total. The highest BCUT2D eigenvalue weighted by Gasteiger charge is 2.30. The van der Waals surface area contributed by atoms with E-state index in [4.69, 9.17) is 10.2 Å². The molecule has 178 valence electrons. The van der Waals surface area contributed by atoms with Crippen LogP contribution in [0.25, 0.3) is 11.3 Å². The number of aromatic carboxylic acids is 1. The third-order valence-corrected chi connectivity index (χ3v) is 4.69. The minimum absolute atomic E-state index is 0.00286. The van der Waals surface area contributed by atoms with Gasteiger partial charge in [0.05, 0.1) is 11.1 Å². The van der Waals surface area contributed by atoms with Gasteiger partial charge in [0, 0.05) is 23.4 Å². The van der Waals surface area contributed by atoms with Crippen molar-refractivity contribution in [2.75, 3.05) is 18.4 Å². The number of anilines is 1. The van der Waals surface area contributed by atoms with E-state index in [0.717, 1.165) is 24.3 Å². The summed E-state index contributed by atoms with van der Waals surface area (Å²) in [6.45, 7) is 0.770. The summed E-state index contributed by atoms with van der Waals surface area (Å²) in [5.41, 5.74) is 4.60. The topological polar surface area (TPSA) is 135 Å². The van der Waals surface area contributed by atoms with Crippen molar-refractivity contribution >= 4 is 23.5 Å². The van der Waals surface area contributed by atoms with Gasteiger partial charge >= 0.3 is 12.1 Å². The zero-order chi connectivity index (χ0) is 24.9. The van der Waals surface area contributed by atoms with E-state index in [1.54, 1.807) is 0 Å². The first-order valence-electron chi connectivity index (χ1n) is 10.0. The van der Waals surface area contributed by atoms with Gasteiger partial charge in [-0.1, -0.05) is 0 Å². The van der Waals surface area contributed by atoms with Crippen molar-refractivity contribution in [1.29, 1.82) is 0 Å². The van der Waals surface area contributed by atoms with Gasteiger partial charge in [0.1, 0.15) is 5.76 Å². The van der Waals surface area contributed by atoms with Crippen LogP contribution in [0.15, 0.2) is 59.0 Å². The molecule has 34 heavy (non-hydrogen) atoms. The Morgan fingerprint density at radius 2 is 1.65 bits per heavy atom. The van der Waals surface area contributed by atoms with Crippen molar-refractivity contribution in [3.8, 4) is 11.3 Å². The molecule has 0 aliphatic heterocycles. The summed E-state index contributed by atoms with van der Waals surface area (Å²) in [5.74, 6) is -2.30. The number of halogens is 3. The smallest absolute Gasteiger partial charge is 0.416 e. The molecule has 0 fully saturated rings. The van der Waals surface area contributed by atoms with Gasteiger partial charge in [-0.2, -0.15) is 13.2 Å². The zero-order valence-electron chi connectivity index (χ0n) is 17.6. The highest BCUT2D eigenvalue weighted by atomic mass is 19.4. The highest BCUT2D eigenvalue weighted by Crippen LogP contribution is 2.30. The van der Waals surface area contributed by atoms with Crippen LogP contribution >= 0.6 is 0 Å². The Morgan fingerprint density at radius 1 is 0.941 bits per heavy atom. The number of amides is 2. The Bertz CT molecular complexity index is 1200. The van der Waals surface area contributed by atoms with Crippen molar-refractivity contribution in [1.82, 2.24) is 5.32 Å². The number of alkyl halides is 3. The van der Waals surface area contributed by atoms with Crippen molar-refractivity contribution in [2.45, 2.75) is 12.6 Å². The first kappa shape index (κ1) is 24.5. The molecule has 0 aliphatic carbocycles. The lowest BCUT2D eigenvalue weighted by molar-refractivity contribution is -0.137. The fourth-order valence-electron chi connectivity index (χ4n) is 2.99. The number of furan rings is 1. The molecule has 0 saturated carbocycles. The minimum Gasteiger partial charge on any atom is -0.478 e. The summed E-state index contributed by atoms with van der Waals surface area (Å²) in [6.07, 6.45) is -3.95. The van der Waals surface area contributed by atoms with E-state index < -0.39 is 29.5 Å². The van der Waals surface area contributed by atoms with Crippen LogP contribution in [-0.2, 0) is 6.18 Å². The van der Waals surface area contributed by atoms with Crippen molar-refractivity contribution in [2.24, 2.45) is 5.73 Å². The van der Waals surface area contributed by atoms with Crippen LogP contribution in [0.5, 0.6) is 0 Å². The van der Waals surface area contributed by atoms with E-state index in [0.29, 0.717) is 19.5 Å². The van der Waals surface area contributed by atoms with E-state index in [9.17, 15) is 32.7 Å². The maximum atomic E-state index is 12.7. The van der Waals surface area contributed by atoms with Crippen molar-refractivity contribution < 1.29 is 37.1 Å².